The van der Waals surface area contributed by atoms with Gasteiger partial charge in [-0.3, -0.25) is 19.9 Å². The second-order valence-electron chi connectivity index (χ2n) is 5.53. The zero-order valence-electron chi connectivity index (χ0n) is 11.9. The van der Waals surface area contributed by atoms with Crippen LogP contribution in [0.4, 0.5) is 11.5 Å². The summed E-state index contributed by atoms with van der Waals surface area (Å²) in [6.45, 7) is 7.90. The van der Waals surface area contributed by atoms with Gasteiger partial charge >= 0.3 is 5.69 Å². The van der Waals surface area contributed by atoms with Gasteiger partial charge in [0, 0.05) is 52.4 Å². The van der Waals surface area contributed by atoms with Crippen molar-refractivity contribution in [3.63, 3.8) is 0 Å². The smallest absolute Gasteiger partial charge is 0.333 e. The summed E-state index contributed by atoms with van der Waals surface area (Å²) >= 11 is 0. The number of hydrogen-bond donors (Lipinski definition) is 1. The van der Waals surface area contributed by atoms with E-state index < -0.39 is 0 Å². The highest BCUT2D eigenvalue weighted by Gasteiger charge is 2.32. The lowest BCUT2D eigenvalue weighted by molar-refractivity contribution is -0.384. The minimum absolute atomic E-state index is 0.0868. The van der Waals surface area contributed by atoms with Crippen LogP contribution in [0.2, 0.25) is 0 Å². The van der Waals surface area contributed by atoms with E-state index in [-0.39, 0.29) is 10.6 Å². The lowest BCUT2D eigenvalue weighted by atomic mass is 10.1. The molecule has 2 bridgehead atoms. The van der Waals surface area contributed by atoms with Crippen LogP contribution in [-0.4, -0.2) is 69.8 Å². The predicted molar refractivity (Wildman–Crippen MR) is 74.9 cm³/mol. The zero-order chi connectivity index (χ0) is 14.3. The fourth-order valence-electron chi connectivity index (χ4n) is 3.20. The average Bonchev–Trinajstić information content (AvgIpc) is 2.72. The first-order valence-electron chi connectivity index (χ1n) is 6.94. The molecule has 8 heteroatoms. The summed E-state index contributed by atoms with van der Waals surface area (Å²) in [4.78, 5) is 15.7. The molecule has 1 atom stereocenters. The largest absolute Gasteiger partial charge is 0.363 e. The Morgan fingerprint density at radius 3 is 2.65 bits per heavy atom. The van der Waals surface area contributed by atoms with Gasteiger partial charge in [0.25, 0.3) is 0 Å². The minimum atomic E-state index is -0.360. The molecule has 3 aliphatic heterocycles. The molecule has 3 saturated heterocycles. The van der Waals surface area contributed by atoms with Gasteiger partial charge in [-0.1, -0.05) is 0 Å². The Hall–Kier alpha value is -1.67. The van der Waals surface area contributed by atoms with E-state index in [0.29, 0.717) is 17.6 Å². The van der Waals surface area contributed by atoms with Crippen LogP contribution in [0.15, 0.2) is 0 Å². The highest BCUT2D eigenvalue weighted by molar-refractivity contribution is 5.59. The van der Waals surface area contributed by atoms with Crippen molar-refractivity contribution < 1.29 is 4.92 Å². The van der Waals surface area contributed by atoms with Gasteiger partial charge in [0.05, 0.1) is 4.92 Å². The summed E-state index contributed by atoms with van der Waals surface area (Å²) in [5, 5.41) is 18.5. The Morgan fingerprint density at radius 1 is 1.40 bits per heavy atom. The molecular formula is C12H20N6O2. The number of rotatable bonds is 4. The van der Waals surface area contributed by atoms with Crippen LogP contribution in [0.1, 0.15) is 5.69 Å². The third-order valence-corrected chi connectivity index (χ3v) is 4.27. The maximum atomic E-state index is 11.1. The highest BCUT2D eigenvalue weighted by Crippen LogP contribution is 2.27. The fourth-order valence-corrected chi connectivity index (χ4v) is 3.20. The summed E-state index contributed by atoms with van der Waals surface area (Å²) < 4.78 is 1.56. The summed E-state index contributed by atoms with van der Waals surface area (Å²) in [7, 11) is 1.74. The molecule has 0 amide bonds. The maximum absolute atomic E-state index is 11.1. The summed E-state index contributed by atoms with van der Waals surface area (Å²) in [6.07, 6.45) is 0. The molecule has 1 unspecified atom stereocenters. The Bertz CT molecular complexity index is 520. The van der Waals surface area contributed by atoms with E-state index in [1.54, 1.807) is 18.7 Å². The summed E-state index contributed by atoms with van der Waals surface area (Å²) in [6, 6.07) is 0.423. The Labute approximate surface area is 117 Å². The molecule has 0 spiro atoms. The Kier molecular flexibility index (Phi) is 3.35. The lowest BCUT2D eigenvalue weighted by Gasteiger charge is -2.47. The molecule has 8 nitrogen and oxygen atoms in total. The minimum Gasteiger partial charge on any atom is -0.363 e. The number of hydrogen-bond acceptors (Lipinski definition) is 6. The number of aryl methyl sites for hydroxylation is 2. The van der Waals surface area contributed by atoms with Gasteiger partial charge in [-0.2, -0.15) is 5.10 Å². The van der Waals surface area contributed by atoms with E-state index in [9.17, 15) is 10.1 Å². The van der Waals surface area contributed by atoms with Crippen molar-refractivity contribution in [2.24, 2.45) is 7.05 Å². The van der Waals surface area contributed by atoms with Gasteiger partial charge in [-0.15, -0.1) is 0 Å². The van der Waals surface area contributed by atoms with Crippen molar-refractivity contribution in [1.82, 2.24) is 19.6 Å². The third kappa shape index (κ3) is 2.25. The van der Waals surface area contributed by atoms with Gasteiger partial charge in [-0.05, 0) is 6.92 Å². The molecule has 110 valence electrons. The first-order chi connectivity index (χ1) is 9.56. The molecule has 3 fully saturated rings. The molecule has 4 rings (SSSR count). The Balaban J connectivity index is 1.71. The zero-order valence-corrected chi connectivity index (χ0v) is 11.9. The van der Waals surface area contributed by atoms with Crippen LogP contribution in [0.5, 0.6) is 0 Å². The Morgan fingerprint density at radius 2 is 2.10 bits per heavy atom. The fraction of sp³-hybridized carbons (Fsp3) is 0.750. The topological polar surface area (TPSA) is 79.5 Å². The van der Waals surface area contributed by atoms with Crippen LogP contribution >= 0.6 is 0 Å². The molecule has 0 saturated carbocycles. The van der Waals surface area contributed by atoms with Gasteiger partial charge in [-0.25, -0.2) is 4.68 Å². The van der Waals surface area contributed by atoms with E-state index >= 15 is 0 Å². The second-order valence-corrected chi connectivity index (χ2v) is 5.53. The normalized spacial score (nSPS) is 28.6. The van der Waals surface area contributed by atoms with E-state index in [4.69, 9.17) is 0 Å². The average molecular weight is 280 g/mol. The van der Waals surface area contributed by atoms with Crippen LogP contribution in [0, 0.1) is 17.0 Å². The van der Waals surface area contributed by atoms with Gasteiger partial charge in [0.2, 0.25) is 5.82 Å². The van der Waals surface area contributed by atoms with Crippen LogP contribution < -0.4 is 5.32 Å². The number of piperazine rings is 3. The lowest BCUT2D eigenvalue weighted by Crippen LogP contribution is -2.62. The van der Waals surface area contributed by atoms with Gasteiger partial charge in [0.15, 0.2) is 0 Å². The van der Waals surface area contributed by atoms with Crippen LogP contribution in [0.3, 0.4) is 0 Å². The molecule has 0 aromatic carbocycles. The van der Waals surface area contributed by atoms with Gasteiger partial charge < -0.3 is 5.32 Å². The van der Waals surface area contributed by atoms with Crippen LogP contribution in [0.25, 0.3) is 0 Å². The number of anilines is 1. The highest BCUT2D eigenvalue weighted by atomic mass is 16.6. The van der Waals surface area contributed by atoms with Crippen molar-refractivity contribution >= 4 is 11.5 Å². The van der Waals surface area contributed by atoms with E-state index in [1.807, 2.05) is 0 Å². The number of fused-ring (bicyclic) bond motifs is 3. The number of aromatic nitrogens is 2. The monoisotopic (exact) mass is 280 g/mol. The molecule has 0 radical (unpaired) electrons. The van der Waals surface area contributed by atoms with E-state index in [1.165, 1.54) is 0 Å². The molecule has 1 aromatic heterocycles. The van der Waals surface area contributed by atoms with Crippen LogP contribution in [-0.2, 0) is 7.05 Å². The molecule has 20 heavy (non-hydrogen) atoms. The number of nitrogens with zero attached hydrogens (tertiary/aromatic N) is 5. The SMILES string of the molecule is Cc1nn(C)c(NCC2CN3CCN2CC3)c1[N+](=O)[O-]. The second kappa shape index (κ2) is 5.02. The van der Waals surface area contributed by atoms with Crippen molar-refractivity contribution in [2.45, 2.75) is 13.0 Å². The standard InChI is InChI=1S/C12H20N6O2/c1-9-11(18(19)20)12(15(2)14-9)13-7-10-8-16-3-5-17(10)6-4-16/h10,13H,3-8H2,1-2H3. The molecule has 1 N–H and O–H groups in total. The number of nitro groups is 1. The van der Waals surface area contributed by atoms with Crippen molar-refractivity contribution in [1.29, 1.82) is 0 Å². The summed E-state index contributed by atoms with van der Waals surface area (Å²) in [5.41, 5.74) is 0.540. The van der Waals surface area contributed by atoms with Crippen molar-refractivity contribution in [2.75, 3.05) is 44.6 Å². The molecule has 1 aromatic rings. The predicted octanol–water partition coefficient (Wildman–Crippen LogP) is 0.0484. The summed E-state index contributed by atoms with van der Waals surface area (Å²) in [5.74, 6) is 0.505. The quantitative estimate of drug-likeness (QED) is 0.620. The van der Waals surface area contributed by atoms with E-state index in [2.05, 4.69) is 20.2 Å². The number of nitrogens with one attached hydrogen (secondary N) is 1. The first kappa shape index (κ1) is 13.3. The maximum Gasteiger partial charge on any atom is 0.333 e. The first-order valence-corrected chi connectivity index (χ1v) is 6.94. The molecule has 0 aliphatic carbocycles. The third-order valence-electron chi connectivity index (χ3n) is 4.27. The van der Waals surface area contributed by atoms with E-state index in [0.717, 1.165) is 39.3 Å². The molecular weight excluding hydrogens is 260 g/mol. The van der Waals surface area contributed by atoms with Crippen molar-refractivity contribution in [3.05, 3.63) is 15.8 Å². The molecule has 4 heterocycles. The molecule has 3 aliphatic rings. The van der Waals surface area contributed by atoms with Gasteiger partial charge in [0.1, 0.15) is 5.69 Å². The van der Waals surface area contributed by atoms with Crippen molar-refractivity contribution in [3.8, 4) is 0 Å².